The highest BCUT2D eigenvalue weighted by Crippen LogP contribution is 2.28. The van der Waals surface area contributed by atoms with Gasteiger partial charge < -0.3 is 5.32 Å². The van der Waals surface area contributed by atoms with Crippen LogP contribution in [0.2, 0.25) is 5.02 Å². The molecule has 0 aliphatic heterocycles. The quantitative estimate of drug-likeness (QED) is 0.588. The Kier molecular flexibility index (Phi) is 5.83. The largest absolute Gasteiger partial charge is 0.417 e. The van der Waals surface area contributed by atoms with Crippen molar-refractivity contribution in [3.63, 3.8) is 0 Å². The summed E-state index contributed by atoms with van der Waals surface area (Å²) in [4.78, 5) is 16.0. The Hall–Kier alpha value is -3.01. The molecule has 0 atom stereocenters. The molecule has 0 unspecified atom stereocenters. The Balaban J connectivity index is 1.78. The smallest absolute Gasteiger partial charge is 0.378 e. The van der Waals surface area contributed by atoms with Gasteiger partial charge in [-0.15, -0.1) is 0 Å². The number of pyridine rings is 1. The van der Waals surface area contributed by atoms with E-state index < -0.39 is 23.7 Å². The molecule has 1 N–H and O–H groups in total. The zero-order valence-electron chi connectivity index (χ0n) is 14.4. The second-order valence-corrected chi connectivity index (χ2v) is 6.27. The molecule has 0 bridgehead atoms. The number of nitrogens with zero attached hydrogens (tertiary/aromatic N) is 3. The second kappa shape index (κ2) is 8.16. The minimum Gasteiger partial charge on any atom is -0.378 e. The van der Waals surface area contributed by atoms with Gasteiger partial charge in [-0.3, -0.25) is 4.79 Å². The van der Waals surface area contributed by atoms with E-state index in [4.69, 9.17) is 11.6 Å². The molecule has 152 valence electrons. The Morgan fingerprint density at radius 2 is 1.76 bits per heavy atom. The summed E-state index contributed by atoms with van der Waals surface area (Å²) in [6, 6.07) is 7.36. The topological polar surface area (TPSA) is 59.8 Å². The van der Waals surface area contributed by atoms with Gasteiger partial charge in [-0.05, 0) is 17.7 Å². The van der Waals surface area contributed by atoms with Gasteiger partial charge in [0.25, 0.3) is 12.0 Å². The fourth-order valence-electron chi connectivity index (χ4n) is 2.38. The number of aromatic nitrogens is 3. The average molecular weight is 431 g/mol. The van der Waals surface area contributed by atoms with Gasteiger partial charge in [0.05, 0.1) is 17.4 Å². The number of hydrogen-bond acceptors (Lipinski definition) is 4. The SMILES string of the molecule is O=c1c(Cl)c(NCc2ccc(C(F)F)cc2)cnn1-c1ccc(C(F)(F)F)cn1. The number of alkyl halides is 5. The zero-order valence-corrected chi connectivity index (χ0v) is 15.2. The molecule has 0 aliphatic rings. The summed E-state index contributed by atoms with van der Waals surface area (Å²) in [6.07, 6.45) is -5.31. The highest BCUT2D eigenvalue weighted by atomic mass is 35.5. The van der Waals surface area contributed by atoms with Crippen molar-refractivity contribution in [1.29, 1.82) is 0 Å². The van der Waals surface area contributed by atoms with Crippen LogP contribution in [0.5, 0.6) is 0 Å². The maximum absolute atomic E-state index is 12.6. The van der Waals surface area contributed by atoms with Gasteiger partial charge >= 0.3 is 6.18 Å². The average Bonchev–Trinajstić information content (AvgIpc) is 2.69. The molecule has 11 heteroatoms. The number of nitrogens with one attached hydrogen (secondary N) is 1. The molecule has 0 spiro atoms. The number of hydrogen-bond donors (Lipinski definition) is 1. The van der Waals surface area contributed by atoms with Gasteiger partial charge in [0.1, 0.15) is 5.02 Å². The van der Waals surface area contributed by atoms with Crippen LogP contribution in [-0.4, -0.2) is 14.8 Å². The third-order valence-corrected chi connectivity index (χ3v) is 4.29. The monoisotopic (exact) mass is 430 g/mol. The van der Waals surface area contributed by atoms with Crippen molar-refractivity contribution in [3.05, 3.63) is 80.9 Å². The van der Waals surface area contributed by atoms with E-state index in [1.807, 2.05) is 0 Å². The third-order valence-electron chi connectivity index (χ3n) is 3.93. The van der Waals surface area contributed by atoms with E-state index >= 15 is 0 Å². The summed E-state index contributed by atoms with van der Waals surface area (Å²) in [5, 5.41) is 6.48. The van der Waals surface area contributed by atoms with Gasteiger partial charge in [0, 0.05) is 18.3 Å². The minimum atomic E-state index is -4.55. The Morgan fingerprint density at radius 3 is 2.31 bits per heavy atom. The fourth-order valence-corrected chi connectivity index (χ4v) is 2.57. The van der Waals surface area contributed by atoms with Gasteiger partial charge in [-0.1, -0.05) is 35.9 Å². The second-order valence-electron chi connectivity index (χ2n) is 5.89. The van der Waals surface area contributed by atoms with Crippen molar-refractivity contribution >= 4 is 17.3 Å². The van der Waals surface area contributed by atoms with Crippen LogP contribution in [0.3, 0.4) is 0 Å². The lowest BCUT2D eigenvalue weighted by molar-refractivity contribution is -0.137. The standard InChI is InChI=1S/C18H12ClF5N4O/c19-15-13(25-7-10-1-3-11(4-2-10)16(20)21)9-27-28(17(15)29)14-6-5-12(8-26-14)18(22,23)24/h1-6,8-9,16,25H,7H2. The first-order chi connectivity index (χ1) is 13.7. The van der Waals surface area contributed by atoms with Gasteiger partial charge in [-0.25, -0.2) is 13.8 Å². The van der Waals surface area contributed by atoms with Crippen LogP contribution in [0.25, 0.3) is 5.82 Å². The molecule has 29 heavy (non-hydrogen) atoms. The normalized spacial score (nSPS) is 11.7. The van der Waals surface area contributed by atoms with Crippen LogP contribution in [0.15, 0.2) is 53.6 Å². The van der Waals surface area contributed by atoms with Crippen molar-refractivity contribution < 1.29 is 22.0 Å². The van der Waals surface area contributed by atoms with Crippen molar-refractivity contribution in [2.75, 3.05) is 5.32 Å². The van der Waals surface area contributed by atoms with Gasteiger partial charge in [0.15, 0.2) is 5.82 Å². The number of anilines is 1. The van der Waals surface area contributed by atoms with Crippen LogP contribution in [0, 0.1) is 0 Å². The minimum absolute atomic E-state index is 0.111. The molecule has 0 amide bonds. The van der Waals surface area contributed by atoms with Crippen LogP contribution in [-0.2, 0) is 12.7 Å². The van der Waals surface area contributed by atoms with Crippen LogP contribution < -0.4 is 10.9 Å². The first kappa shape index (κ1) is 20.7. The molecule has 0 aliphatic carbocycles. The summed E-state index contributed by atoms with van der Waals surface area (Å²) < 4.78 is 63.7. The summed E-state index contributed by atoms with van der Waals surface area (Å²) >= 11 is 6.04. The fraction of sp³-hybridized carbons (Fsp3) is 0.167. The molecule has 0 saturated carbocycles. The first-order valence-corrected chi connectivity index (χ1v) is 8.47. The molecule has 3 rings (SSSR count). The first-order valence-electron chi connectivity index (χ1n) is 8.09. The van der Waals surface area contributed by atoms with Gasteiger partial charge in [-0.2, -0.15) is 23.0 Å². The molecule has 0 radical (unpaired) electrons. The highest BCUT2D eigenvalue weighted by Gasteiger charge is 2.30. The predicted octanol–water partition coefficient (Wildman–Crippen LogP) is 4.85. The molecule has 2 heterocycles. The molecular formula is C18H12ClF5N4O. The van der Waals surface area contributed by atoms with E-state index in [1.54, 1.807) is 0 Å². The molecule has 5 nitrogen and oxygen atoms in total. The van der Waals surface area contributed by atoms with E-state index in [0.717, 1.165) is 16.8 Å². The van der Waals surface area contributed by atoms with E-state index in [1.165, 1.54) is 30.5 Å². The highest BCUT2D eigenvalue weighted by molar-refractivity contribution is 6.32. The lowest BCUT2D eigenvalue weighted by Gasteiger charge is -2.11. The van der Waals surface area contributed by atoms with Crippen molar-refractivity contribution in [1.82, 2.24) is 14.8 Å². The van der Waals surface area contributed by atoms with Crippen LogP contribution >= 0.6 is 11.6 Å². The maximum atomic E-state index is 12.6. The van der Waals surface area contributed by atoms with Gasteiger partial charge in [0.2, 0.25) is 0 Å². The lowest BCUT2D eigenvalue weighted by Crippen LogP contribution is -2.23. The summed E-state index contributed by atoms with van der Waals surface area (Å²) in [5.74, 6) is -0.126. The predicted molar refractivity (Wildman–Crippen MR) is 96.4 cm³/mol. The lowest BCUT2D eigenvalue weighted by atomic mass is 10.1. The maximum Gasteiger partial charge on any atom is 0.417 e. The Morgan fingerprint density at radius 1 is 1.07 bits per heavy atom. The molecular weight excluding hydrogens is 419 g/mol. The molecule has 3 aromatic rings. The number of halogens is 6. The Bertz CT molecular complexity index is 1050. The molecule has 0 saturated heterocycles. The van der Waals surface area contributed by atoms with Crippen molar-refractivity contribution in [2.45, 2.75) is 19.1 Å². The summed E-state index contributed by atoms with van der Waals surface area (Å²) in [6.45, 7) is 0.187. The Labute approximate surface area is 165 Å². The number of rotatable bonds is 5. The summed E-state index contributed by atoms with van der Waals surface area (Å²) in [5.41, 5.74) is -1.01. The zero-order chi connectivity index (χ0) is 21.2. The van der Waals surface area contributed by atoms with Crippen molar-refractivity contribution in [2.24, 2.45) is 0 Å². The van der Waals surface area contributed by atoms with Crippen LogP contribution in [0.4, 0.5) is 27.6 Å². The van der Waals surface area contributed by atoms with Crippen LogP contribution in [0.1, 0.15) is 23.1 Å². The molecule has 1 aromatic carbocycles. The van der Waals surface area contributed by atoms with E-state index in [9.17, 15) is 26.7 Å². The van der Waals surface area contributed by atoms with E-state index in [-0.39, 0.29) is 28.6 Å². The number of benzene rings is 1. The summed E-state index contributed by atoms with van der Waals surface area (Å²) in [7, 11) is 0. The molecule has 0 fully saturated rings. The van der Waals surface area contributed by atoms with E-state index in [0.29, 0.717) is 11.8 Å². The third kappa shape index (κ3) is 4.70. The van der Waals surface area contributed by atoms with E-state index in [2.05, 4.69) is 15.4 Å². The van der Waals surface area contributed by atoms with Crippen molar-refractivity contribution in [3.8, 4) is 5.82 Å². The molecule has 2 aromatic heterocycles.